The topological polar surface area (TPSA) is 38.9 Å². The minimum atomic E-state index is 0.553. The van der Waals surface area contributed by atoms with Crippen molar-refractivity contribution in [2.24, 2.45) is 5.73 Å². The highest BCUT2D eigenvalue weighted by Crippen LogP contribution is 2.30. The molecule has 1 aromatic heterocycles. The number of nitrogens with zero attached hydrogens (tertiary/aromatic N) is 1. The summed E-state index contributed by atoms with van der Waals surface area (Å²) in [6.07, 6.45) is 0. The van der Waals surface area contributed by atoms with Crippen molar-refractivity contribution in [2.75, 3.05) is 0 Å². The van der Waals surface area contributed by atoms with Crippen LogP contribution in [-0.2, 0) is 6.54 Å². The van der Waals surface area contributed by atoms with Crippen molar-refractivity contribution in [3.05, 3.63) is 63.9 Å². The average molecular weight is 345 g/mol. The summed E-state index contributed by atoms with van der Waals surface area (Å²) in [5.74, 6) is 0. The fraction of sp³-hybridized carbons (Fsp3) is 0.0625. The maximum atomic E-state index is 5.69. The second-order valence-electron chi connectivity index (χ2n) is 4.45. The van der Waals surface area contributed by atoms with E-state index in [4.69, 9.17) is 10.7 Å². The summed E-state index contributed by atoms with van der Waals surface area (Å²) in [5, 5.41) is 3.11. The monoisotopic (exact) mass is 344 g/mol. The molecule has 0 aliphatic carbocycles. The highest BCUT2D eigenvalue weighted by molar-refractivity contribution is 9.10. The van der Waals surface area contributed by atoms with E-state index in [0.29, 0.717) is 6.54 Å². The summed E-state index contributed by atoms with van der Waals surface area (Å²) in [4.78, 5) is 4.72. The average Bonchev–Trinajstić information content (AvgIpc) is 2.97. The summed E-state index contributed by atoms with van der Waals surface area (Å²) in [6, 6.07) is 16.4. The number of aromatic nitrogens is 1. The van der Waals surface area contributed by atoms with Crippen LogP contribution >= 0.6 is 27.3 Å². The molecule has 2 N–H and O–H groups in total. The van der Waals surface area contributed by atoms with Gasteiger partial charge in [-0.3, -0.25) is 0 Å². The van der Waals surface area contributed by atoms with Gasteiger partial charge in [0.05, 0.1) is 5.69 Å². The van der Waals surface area contributed by atoms with Gasteiger partial charge >= 0.3 is 0 Å². The first-order chi connectivity index (χ1) is 9.76. The van der Waals surface area contributed by atoms with Crippen molar-refractivity contribution >= 4 is 27.3 Å². The lowest BCUT2D eigenvalue weighted by atomic mass is 10.1. The largest absolute Gasteiger partial charge is 0.326 e. The van der Waals surface area contributed by atoms with Gasteiger partial charge in [-0.2, -0.15) is 0 Å². The zero-order chi connectivity index (χ0) is 13.9. The summed E-state index contributed by atoms with van der Waals surface area (Å²) >= 11 is 5.15. The third kappa shape index (κ3) is 2.82. The maximum absolute atomic E-state index is 5.69. The number of rotatable bonds is 3. The molecule has 2 aromatic carbocycles. The third-order valence-electron chi connectivity index (χ3n) is 3.03. The Morgan fingerprint density at radius 2 is 1.85 bits per heavy atom. The SMILES string of the molecule is NCc1cccc(-c2nc(-c3cccc(Br)c3)cs2)c1. The van der Waals surface area contributed by atoms with E-state index in [2.05, 4.69) is 45.6 Å². The number of halogens is 1. The summed E-state index contributed by atoms with van der Waals surface area (Å²) in [7, 11) is 0. The van der Waals surface area contributed by atoms with E-state index in [0.717, 1.165) is 31.9 Å². The van der Waals surface area contributed by atoms with Gasteiger partial charge in [0.15, 0.2) is 0 Å². The molecule has 0 radical (unpaired) electrons. The van der Waals surface area contributed by atoms with Gasteiger partial charge < -0.3 is 5.73 Å². The Morgan fingerprint density at radius 3 is 2.65 bits per heavy atom. The normalized spacial score (nSPS) is 10.7. The van der Waals surface area contributed by atoms with Crippen molar-refractivity contribution in [2.45, 2.75) is 6.54 Å². The molecular weight excluding hydrogens is 332 g/mol. The fourth-order valence-electron chi connectivity index (χ4n) is 2.02. The summed E-state index contributed by atoms with van der Waals surface area (Å²) in [5.41, 5.74) is 10.1. The number of benzene rings is 2. The fourth-order valence-corrected chi connectivity index (χ4v) is 3.24. The molecule has 0 bridgehead atoms. The number of hydrogen-bond acceptors (Lipinski definition) is 3. The van der Waals surface area contributed by atoms with Crippen LogP contribution < -0.4 is 5.73 Å². The first-order valence-corrected chi connectivity index (χ1v) is 7.94. The Morgan fingerprint density at radius 1 is 1.05 bits per heavy atom. The van der Waals surface area contributed by atoms with E-state index < -0.39 is 0 Å². The highest BCUT2D eigenvalue weighted by atomic mass is 79.9. The number of nitrogens with two attached hydrogens (primary N) is 1. The van der Waals surface area contributed by atoms with Gasteiger partial charge in [0, 0.05) is 27.5 Å². The lowest BCUT2D eigenvalue weighted by molar-refractivity contribution is 1.07. The van der Waals surface area contributed by atoms with Crippen LogP contribution in [0.25, 0.3) is 21.8 Å². The lowest BCUT2D eigenvalue weighted by Crippen LogP contribution is -1.95. The predicted octanol–water partition coefficient (Wildman–Crippen LogP) is 4.70. The molecule has 4 heteroatoms. The van der Waals surface area contributed by atoms with E-state index in [9.17, 15) is 0 Å². The van der Waals surface area contributed by atoms with E-state index in [-0.39, 0.29) is 0 Å². The predicted molar refractivity (Wildman–Crippen MR) is 88.6 cm³/mol. The maximum Gasteiger partial charge on any atom is 0.124 e. The molecular formula is C16H13BrN2S. The first-order valence-electron chi connectivity index (χ1n) is 6.27. The molecule has 3 aromatic rings. The Kier molecular flexibility index (Phi) is 3.96. The van der Waals surface area contributed by atoms with E-state index in [1.54, 1.807) is 11.3 Å². The molecule has 0 unspecified atom stereocenters. The molecule has 0 amide bonds. The summed E-state index contributed by atoms with van der Waals surface area (Å²) in [6.45, 7) is 0.553. The van der Waals surface area contributed by atoms with Crippen molar-refractivity contribution in [1.82, 2.24) is 4.98 Å². The molecule has 100 valence electrons. The quantitative estimate of drug-likeness (QED) is 0.747. The zero-order valence-electron chi connectivity index (χ0n) is 10.7. The lowest BCUT2D eigenvalue weighted by Gasteiger charge is -2.00. The van der Waals surface area contributed by atoms with Crippen LogP contribution in [0.4, 0.5) is 0 Å². The number of hydrogen-bond donors (Lipinski definition) is 1. The van der Waals surface area contributed by atoms with E-state index in [1.807, 2.05) is 24.3 Å². The van der Waals surface area contributed by atoms with Gasteiger partial charge in [0.1, 0.15) is 5.01 Å². The summed E-state index contributed by atoms with van der Waals surface area (Å²) < 4.78 is 1.06. The Hall–Kier alpha value is -1.49. The molecule has 2 nitrogen and oxygen atoms in total. The molecule has 3 rings (SSSR count). The minimum absolute atomic E-state index is 0.553. The molecule has 1 heterocycles. The van der Waals surface area contributed by atoms with Gasteiger partial charge in [0.25, 0.3) is 0 Å². The second-order valence-corrected chi connectivity index (χ2v) is 6.23. The Balaban J connectivity index is 1.97. The Labute approximate surface area is 130 Å². The second kappa shape index (κ2) is 5.87. The van der Waals surface area contributed by atoms with Crippen LogP contribution in [0.2, 0.25) is 0 Å². The molecule has 0 saturated heterocycles. The van der Waals surface area contributed by atoms with Crippen molar-refractivity contribution in [1.29, 1.82) is 0 Å². The number of thiazole rings is 1. The van der Waals surface area contributed by atoms with Crippen LogP contribution in [0, 0.1) is 0 Å². The van der Waals surface area contributed by atoms with Crippen molar-refractivity contribution in [3.8, 4) is 21.8 Å². The van der Waals surface area contributed by atoms with Gasteiger partial charge in [-0.25, -0.2) is 4.98 Å². The minimum Gasteiger partial charge on any atom is -0.326 e. The van der Waals surface area contributed by atoms with Crippen molar-refractivity contribution < 1.29 is 0 Å². The van der Waals surface area contributed by atoms with Crippen LogP contribution in [0.15, 0.2) is 58.4 Å². The van der Waals surface area contributed by atoms with Crippen LogP contribution in [-0.4, -0.2) is 4.98 Å². The highest BCUT2D eigenvalue weighted by Gasteiger charge is 2.07. The molecule has 0 saturated carbocycles. The van der Waals surface area contributed by atoms with E-state index in [1.165, 1.54) is 0 Å². The van der Waals surface area contributed by atoms with Gasteiger partial charge in [0.2, 0.25) is 0 Å². The molecule has 0 atom stereocenters. The first kappa shape index (κ1) is 13.5. The van der Waals surface area contributed by atoms with Gasteiger partial charge in [-0.15, -0.1) is 11.3 Å². The zero-order valence-corrected chi connectivity index (χ0v) is 13.1. The van der Waals surface area contributed by atoms with Gasteiger partial charge in [-0.1, -0.05) is 46.3 Å². The van der Waals surface area contributed by atoms with Crippen LogP contribution in [0.3, 0.4) is 0 Å². The smallest absolute Gasteiger partial charge is 0.124 e. The van der Waals surface area contributed by atoms with E-state index >= 15 is 0 Å². The van der Waals surface area contributed by atoms with Crippen molar-refractivity contribution in [3.63, 3.8) is 0 Å². The molecule has 20 heavy (non-hydrogen) atoms. The van der Waals surface area contributed by atoms with Crippen LogP contribution in [0.5, 0.6) is 0 Å². The Bertz CT molecular complexity index is 737. The standard InChI is InChI=1S/C16H13BrN2S/c17-14-6-2-4-12(8-14)15-10-20-16(19-15)13-5-1-3-11(7-13)9-18/h1-8,10H,9,18H2. The molecule has 0 spiro atoms. The molecule has 0 aliphatic rings. The van der Waals surface area contributed by atoms with Gasteiger partial charge in [-0.05, 0) is 23.8 Å². The molecule has 0 aliphatic heterocycles. The van der Waals surface area contributed by atoms with Crippen LogP contribution in [0.1, 0.15) is 5.56 Å². The third-order valence-corrected chi connectivity index (χ3v) is 4.42. The molecule has 0 fully saturated rings.